The van der Waals surface area contributed by atoms with Crippen LogP contribution in [0.3, 0.4) is 0 Å². The van der Waals surface area contributed by atoms with Gasteiger partial charge in [0, 0.05) is 50.2 Å². The van der Waals surface area contributed by atoms with Crippen molar-refractivity contribution in [1.82, 2.24) is 30.2 Å². The molecule has 3 heterocycles. The second-order valence-electron chi connectivity index (χ2n) is 10.1. The van der Waals surface area contributed by atoms with Crippen LogP contribution in [0.5, 0.6) is 0 Å². The second kappa shape index (κ2) is 11.6. The van der Waals surface area contributed by atoms with E-state index in [9.17, 15) is 4.79 Å². The van der Waals surface area contributed by atoms with Crippen molar-refractivity contribution in [1.29, 1.82) is 0 Å². The van der Waals surface area contributed by atoms with Crippen molar-refractivity contribution in [3.8, 4) is 0 Å². The van der Waals surface area contributed by atoms with Gasteiger partial charge in [-0.3, -0.25) is 19.7 Å². The Morgan fingerprint density at radius 1 is 0.974 bits per heavy atom. The molecule has 0 bridgehead atoms. The molecule has 0 radical (unpaired) electrons. The molecule has 6 rings (SSSR count). The molecule has 7 nitrogen and oxygen atoms in total. The number of benzene rings is 2. The maximum atomic E-state index is 12.5. The zero-order chi connectivity index (χ0) is 26.4. The van der Waals surface area contributed by atoms with Gasteiger partial charge in [-0.05, 0) is 66.3 Å². The summed E-state index contributed by atoms with van der Waals surface area (Å²) in [5.41, 5.74) is 7.55. The van der Waals surface area contributed by atoms with Crippen LogP contribution in [0.25, 0.3) is 11.0 Å². The van der Waals surface area contributed by atoms with Crippen molar-refractivity contribution in [2.24, 2.45) is 0 Å². The summed E-state index contributed by atoms with van der Waals surface area (Å²) >= 11 is 0. The molecule has 1 aliphatic rings. The normalized spacial score (nSPS) is 14.8. The van der Waals surface area contributed by atoms with Crippen LogP contribution in [0, 0.1) is 0 Å². The van der Waals surface area contributed by atoms with Crippen molar-refractivity contribution < 1.29 is 4.79 Å². The minimum Gasteiger partial charge on any atom is -0.348 e. The first-order valence-corrected chi connectivity index (χ1v) is 13.6. The second-order valence-corrected chi connectivity index (χ2v) is 10.1. The van der Waals surface area contributed by atoms with Gasteiger partial charge in [-0.25, -0.2) is 4.98 Å². The smallest absolute Gasteiger partial charge is 0.251 e. The van der Waals surface area contributed by atoms with Crippen LogP contribution in [0.1, 0.15) is 57.5 Å². The molecule has 196 valence electrons. The third-order valence-corrected chi connectivity index (χ3v) is 7.45. The van der Waals surface area contributed by atoms with Crippen molar-refractivity contribution in [2.75, 3.05) is 6.54 Å². The summed E-state index contributed by atoms with van der Waals surface area (Å²) in [6.45, 7) is 2.14. The number of hydrogen-bond acceptors (Lipinski definition) is 5. The Bertz CT molecular complexity index is 1530. The Balaban J connectivity index is 1.20. The quantitative estimate of drug-likeness (QED) is 0.274. The van der Waals surface area contributed by atoms with Gasteiger partial charge in [-0.15, -0.1) is 0 Å². The molecule has 39 heavy (non-hydrogen) atoms. The Morgan fingerprint density at radius 3 is 2.74 bits per heavy atom. The van der Waals surface area contributed by atoms with E-state index in [0.29, 0.717) is 12.1 Å². The highest BCUT2D eigenvalue weighted by Gasteiger charge is 2.27. The first kappa shape index (κ1) is 24.9. The highest BCUT2D eigenvalue weighted by Crippen LogP contribution is 2.34. The number of pyridine rings is 2. The average Bonchev–Trinajstić information content (AvgIpc) is 3.41. The third kappa shape index (κ3) is 5.89. The van der Waals surface area contributed by atoms with E-state index in [-0.39, 0.29) is 11.9 Å². The van der Waals surface area contributed by atoms with Gasteiger partial charge in [-0.1, -0.05) is 42.5 Å². The van der Waals surface area contributed by atoms with Gasteiger partial charge in [0.05, 0.1) is 22.8 Å². The van der Waals surface area contributed by atoms with Gasteiger partial charge < -0.3 is 10.3 Å². The lowest BCUT2D eigenvalue weighted by Crippen LogP contribution is -2.33. The molecule has 5 aromatic rings. The first-order valence-electron chi connectivity index (χ1n) is 13.6. The Morgan fingerprint density at radius 2 is 1.85 bits per heavy atom. The van der Waals surface area contributed by atoms with Gasteiger partial charge in [0.1, 0.15) is 5.82 Å². The first-order chi connectivity index (χ1) is 19.2. The SMILES string of the molecule is O=C(NCc1cccc(CN(CCc2nc3ccccc3[nH]2)C2CCCc3cccnc32)c1)c1ccncc1. The van der Waals surface area contributed by atoms with Crippen LogP contribution >= 0.6 is 0 Å². The number of carbonyl (C=O) groups excluding carboxylic acids is 1. The molecular weight excluding hydrogens is 484 g/mol. The molecule has 7 heteroatoms. The number of para-hydroxylation sites is 2. The maximum Gasteiger partial charge on any atom is 0.251 e. The number of H-pyrrole nitrogens is 1. The van der Waals surface area contributed by atoms with E-state index in [2.05, 4.69) is 56.6 Å². The van der Waals surface area contributed by atoms with Crippen molar-refractivity contribution in [3.63, 3.8) is 0 Å². The number of carbonyl (C=O) groups is 1. The highest BCUT2D eigenvalue weighted by molar-refractivity contribution is 5.93. The van der Waals surface area contributed by atoms with E-state index in [1.54, 1.807) is 24.5 Å². The van der Waals surface area contributed by atoms with Crippen LogP contribution in [-0.4, -0.2) is 37.3 Å². The number of nitrogens with zero attached hydrogens (tertiary/aromatic N) is 4. The number of aromatic nitrogens is 4. The minimum atomic E-state index is -0.0971. The van der Waals surface area contributed by atoms with Crippen molar-refractivity contribution >= 4 is 16.9 Å². The average molecular weight is 517 g/mol. The topological polar surface area (TPSA) is 86.8 Å². The van der Waals surface area contributed by atoms with Gasteiger partial charge in [0.25, 0.3) is 5.91 Å². The van der Waals surface area contributed by atoms with Gasteiger partial charge >= 0.3 is 0 Å². The Hall–Kier alpha value is -4.36. The van der Waals surface area contributed by atoms with Crippen molar-refractivity contribution in [2.45, 2.75) is 44.8 Å². The molecule has 1 amide bonds. The number of hydrogen-bond donors (Lipinski definition) is 2. The molecule has 2 N–H and O–H groups in total. The number of amides is 1. The summed E-state index contributed by atoms with van der Waals surface area (Å²) < 4.78 is 0. The molecule has 0 aliphatic heterocycles. The number of imidazole rings is 1. The van der Waals surface area contributed by atoms with Crippen LogP contribution in [0.4, 0.5) is 0 Å². The Kier molecular flexibility index (Phi) is 7.41. The molecule has 0 spiro atoms. The number of aryl methyl sites for hydroxylation is 1. The maximum absolute atomic E-state index is 12.5. The summed E-state index contributed by atoms with van der Waals surface area (Å²) in [6, 6.07) is 24.7. The van der Waals surface area contributed by atoms with Crippen LogP contribution < -0.4 is 5.32 Å². The summed E-state index contributed by atoms with van der Waals surface area (Å²) in [4.78, 5) is 32.2. The predicted molar refractivity (Wildman–Crippen MR) is 152 cm³/mol. The van der Waals surface area contributed by atoms with Crippen molar-refractivity contribution in [3.05, 3.63) is 125 Å². The summed E-state index contributed by atoms with van der Waals surface area (Å²) in [7, 11) is 0. The minimum absolute atomic E-state index is 0.0971. The number of aromatic amines is 1. The molecule has 0 saturated heterocycles. The van der Waals surface area contributed by atoms with E-state index in [1.165, 1.54) is 16.8 Å². The van der Waals surface area contributed by atoms with Gasteiger partial charge in [0.2, 0.25) is 0 Å². The largest absolute Gasteiger partial charge is 0.348 e. The van der Waals surface area contributed by atoms with E-state index >= 15 is 0 Å². The predicted octanol–water partition coefficient (Wildman–Crippen LogP) is 5.41. The lowest BCUT2D eigenvalue weighted by molar-refractivity contribution is 0.0950. The monoisotopic (exact) mass is 516 g/mol. The fourth-order valence-corrected chi connectivity index (χ4v) is 5.52. The molecule has 2 aromatic carbocycles. The molecule has 0 fully saturated rings. The molecule has 3 aromatic heterocycles. The number of rotatable bonds is 9. The third-order valence-electron chi connectivity index (χ3n) is 7.45. The lowest BCUT2D eigenvalue weighted by atomic mass is 9.90. The van der Waals surface area contributed by atoms with Crippen LogP contribution in [0.15, 0.2) is 91.4 Å². The van der Waals surface area contributed by atoms with Crippen LogP contribution in [0.2, 0.25) is 0 Å². The van der Waals surface area contributed by atoms with Gasteiger partial charge in [-0.2, -0.15) is 0 Å². The van der Waals surface area contributed by atoms with Crippen LogP contribution in [-0.2, 0) is 25.9 Å². The van der Waals surface area contributed by atoms with E-state index in [1.807, 2.05) is 30.5 Å². The molecule has 1 unspecified atom stereocenters. The summed E-state index contributed by atoms with van der Waals surface area (Å²) in [6.07, 6.45) is 9.35. The fourth-order valence-electron chi connectivity index (χ4n) is 5.52. The lowest BCUT2D eigenvalue weighted by Gasteiger charge is -2.35. The standard InChI is InChI=1S/C32H32N6O/c39-32(26-13-17-33-18-14-26)35-21-23-6-3-7-24(20-23)22-38(29-12-4-8-25-9-5-16-34-31(25)29)19-15-30-36-27-10-1-2-11-28(27)37-30/h1-3,5-7,9-11,13-14,16-18,20,29H,4,8,12,15,19,21-22H2,(H,35,39)(H,36,37). The van der Waals surface area contributed by atoms with E-state index < -0.39 is 0 Å². The number of nitrogens with one attached hydrogen (secondary N) is 2. The molecule has 0 saturated carbocycles. The van der Waals surface area contributed by atoms with E-state index in [0.717, 1.165) is 61.2 Å². The zero-order valence-electron chi connectivity index (χ0n) is 21.9. The zero-order valence-corrected chi connectivity index (χ0v) is 21.9. The molecular formula is C32H32N6O. The van der Waals surface area contributed by atoms with Gasteiger partial charge in [0.15, 0.2) is 0 Å². The van der Waals surface area contributed by atoms with E-state index in [4.69, 9.17) is 9.97 Å². The fraction of sp³-hybridized carbons (Fsp3) is 0.250. The molecule has 1 aliphatic carbocycles. The number of fused-ring (bicyclic) bond motifs is 2. The molecule has 1 atom stereocenters. The Labute approximate surface area is 228 Å². The summed E-state index contributed by atoms with van der Waals surface area (Å²) in [5.74, 6) is 0.908. The summed E-state index contributed by atoms with van der Waals surface area (Å²) in [5, 5.41) is 3.03. The highest BCUT2D eigenvalue weighted by atomic mass is 16.1.